The average molecular weight is 329 g/mol. The van der Waals surface area contributed by atoms with Crippen molar-refractivity contribution in [2.24, 2.45) is 5.92 Å². The summed E-state index contributed by atoms with van der Waals surface area (Å²) >= 11 is 0. The third-order valence-electron chi connectivity index (χ3n) is 4.60. The molecule has 1 amide bonds. The Kier molecular flexibility index (Phi) is 5.03. The van der Waals surface area contributed by atoms with E-state index < -0.39 is 6.09 Å². The smallest absolute Gasteiger partial charge is 0.407 e. The number of hydrogen-bond donors (Lipinski definition) is 1. The number of carbonyl (C=O) groups is 1. The van der Waals surface area contributed by atoms with Crippen molar-refractivity contribution in [2.75, 3.05) is 20.2 Å². The molecule has 0 atom stereocenters. The van der Waals surface area contributed by atoms with Gasteiger partial charge < -0.3 is 14.7 Å². The number of methoxy groups -OCH3 is 1. The molecule has 1 aromatic carbocycles. The van der Waals surface area contributed by atoms with Gasteiger partial charge in [0.1, 0.15) is 5.75 Å². The molecule has 0 spiro atoms. The highest BCUT2D eigenvalue weighted by atomic mass is 16.5. The Bertz CT molecular complexity index is 673. The van der Waals surface area contributed by atoms with Gasteiger partial charge in [0.05, 0.1) is 19.9 Å². The quantitative estimate of drug-likeness (QED) is 0.916. The average Bonchev–Trinajstić information content (AvgIpc) is 3.03. The lowest BCUT2D eigenvalue weighted by atomic mass is 9.91. The number of ether oxygens (including phenoxy) is 1. The molecule has 2 heterocycles. The molecule has 0 radical (unpaired) electrons. The number of likely N-dealkylation sites (tertiary alicyclic amines) is 1. The summed E-state index contributed by atoms with van der Waals surface area (Å²) in [6.45, 7) is 2.02. The van der Waals surface area contributed by atoms with Gasteiger partial charge in [0.2, 0.25) is 0 Å². The Morgan fingerprint density at radius 1 is 1.25 bits per heavy atom. The molecule has 0 bridgehead atoms. The lowest BCUT2D eigenvalue weighted by molar-refractivity contribution is 0.124. The Labute approximate surface area is 141 Å². The molecule has 0 saturated carbocycles. The second-order valence-corrected chi connectivity index (χ2v) is 6.31. The lowest BCUT2D eigenvalue weighted by Crippen LogP contribution is -2.37. The van der Waals surface area contributed by atoms with Gasteiger partial charge in [0, 0.05) is 19.3 Å². The largest absolute Gasteiger partial charge is 0.497 e. The molecule has 2 aromatic rings. The zero-order chi connectivity index (χ0) is 16.9. The molecule has 6 heteroatoms. The van der Waals surface area contributed by atoms with Crippen LogP contribution in [0.2, 0.25) is 0 Å². The number of rotatable bonds is 5. The third-order valence-corrected chi connectivity index (χ3v) is 4.60. The molecule has 1 aliphatic heterocycles. The molecular formula is C18H23N3O3. The summed E-state index contributed by atoms with van der Waals surface area (Å²) in [6, 6.07) is 8.00. The van der Waals surface area contributed by atoms with E-state index in [1.165, 1.54) is 16.0 Å². The second kappa shape index (κ2) is 7.38. The molecule has 6 nitrogen and oxygen atoms in total. The minimum absolute atomic E-state index is 0.541. The maximum Gasteiger partial charge on any atom is 0.407 e. The lowest BCUT2D eigenvalue weighted by Gasteiger charge is -2.29. The molecule has 24 heavy (non-hydrogen) atoms. The van der Waals surface area contributed by atoms with E-state index in [-0.39, 0.29) is 0 Å². The van der Waals surface area contributed by atoms with Crippen LogP contribution in [0.25, 0.3) is 0 Å². The number of piperidine rings is 1. The van der Waals surface area contributed by atoms with Gasteiger partial charge in [0.15, 0.2) is 0 Å². The first-order valence-electron chi connectivity index (χ1n) is 8.26. The van der Waals surface area contributed by atoms with Gasteiger partial charge >= 0.3 is 6.09 Å². The summed E-state index contributed by atoms with van der Waals surface area (Å²) in [5, 5.41) is 13.4. The maximum absolute atomic E-state index is 10.9. The fourth-order valence-electron chi connectivity index (χ4n) is 3.18. The number of aromatic nitrogens is 2. The summed E-state index contributed by atoms with van der Waals surface area (Å²) < 4.78 is 7.12. The van der Waals surface area contributed by atoms with E-state index >= 15 is 0 Å². The van der Waals surface area contributed by atoms with Gasteiger partial charge in [-0.2, -0.15) is 5.10 Å². The van der Waals surface area contributed by atoms with E-state index in [9.17, 15) is 4.79 Å². The fourth-order valence-corrected chi connectivity index (χ4v) is 3.18. The zero-order valence-electron chi connectivity index (χ0n) is 13.9. The molecule has 128 valence electrons. The van der Waals surface area contributed by atoms with Crippen LogP contribution in [0, 0.1) is 5.92 Å². The van der Waals surface area contributed by atoms with Crippen molar-refractivity contribution >= 4 is 6.09 Å². The van der Waals surface area contributed by atoms with Crippen molar-refractivity contribution in [3.8, 4) is 5.75 Å². The van der Waals surface area contributed by atoms with Crippen LogP contribution < -0.4 is 4.74 Å². The van der Waals surface area contributed by atoms with Crippen LogP contribution >= 0.6 is 0 Å². The molecule has 1 fully saturated rings. The molecule has 1 saturated heterocycles. The summed E-state index contributed by atoms with van der Waals surface area (Å²) in [5.74, 6) is 1.40. The van der Waals surface area contributed by atoms with Gasteiger partial charge in [0.25, 0.3) is 0 Å². The number of benzene rings is 1. The number of amides is 1. The Morgan fingerprint density at radius 2 is 1.96 bits per heavy atom. The van der Waals surface area contributed by atoms with Crippen LogP contribution in [0.15, 0.2) is 36.7 Å². The molecule has 1 aromatic heterocycles. The van der Waals surface area contributed by atoms with E-state index in [4.69, 9.17) is 9.84 Å². The van der Waals surface area contributed by atoms with Gasteiger partial charge in [-0.15, -0.1) is 0 Å². The van der Waals surface area contributed by atoms with Crippen LogP contribution in [0.1, 0.15) is 24.0 Å². The Balaban J connectivity index is 1.53. The monoisotopic (exact) mass is 329 g/mol. The highest BCUT2D eigenvalue weighted by Gasteiger charge is 2.22. The van der Waals surface area contributed by atoms with Crippen molar-refractivity contribution in [1.82, 2.24) is 14.7 Å². The predicted octanol–water partition coefficient (Wildman–Crippen LogP) is 2.87. The van der Waals surface area contributed by atoms with Crippen molar-refractivity contribution in [2.45, 2.75) is 25.8 Å². The van der Waals surface area contributed by atoms with Gasteiger partial charge in [-0.1, -0.05) is 12.1 Å². The first kappa shape index (κ1) is 16.4. The maximum atomic E-state index is 10.9. The number of carboxylic acid groups (broad SMARTS) is 1. The summed E-state index contributed by atoms with van der Waals surface area (Å²) in [7, 11) is 1.66. The molecule has 1 N–H and O–H groups in total. The normalized spacial score (nSPS) is 15.5. The highest BCUT2D eigenvalue weighted by Crippen LogP contribution is 2.21. The van der Waals surface area contributed by atoms with Crippen molar-refractivity contribution in [3.05, 3.63) is 47.8 Å². The van der Waals surface area contributed by atoms with Gasteiger partial charge in [-0.05, 0) is 48.4 Å². The fraction of sp³-hybridized carbons (Fsp3) is 0.444. The predicted molar refractivity (Wildman–Crippen MR) is 90.3 cm³/mol. The summed E-state index contributed by atoms with van der Waals surface area (Å²) in [4.78, 5) is 12.4. The summed E-state index contributed by atoms with van der Waals surface area (Å²) in [6.07, 6.45) is 6.03. The van der Waals surface area contributed by atoms with E-state index in [1.807, 2.05) is 35.1 Å². The van der Waals surface area contributed by atoms with E-state index in [0.717, 1.165) is 31.6 Å². The molecule has 1 aliphatic rings. The van der Waals surface area contributed by atoms with E-state index in [1.54, 1.807) is 7.11 Å². The minimum atomic E-state index is -0.805. The molecule has 0 aliphatic carbocycles. The van der Waals surface area contributed by atoms with Crippen LogP contribution in [0.4, 0.5) is 4.79 Å². The van der Waals surface area contributed by atoms with Gasteiger partial charge in [-0.25, -0.2) is 4.79 Å². The first-order valence-corrected chi connectivity index (χ1v) is 8.26. The highest BCUT2D eigenvalue weighted by molar-refractivity contribution is 5.64. The van der Waals surface area contributed by atoms with Crippen molar-refractivity contribution < 1.29 is 14.6 Å². The first-order chi connectivity index (χ1) is 11.6. The van der Waals surface area contributed by atoms with Crippen LogP contribution in [-0.2, 0) is 13.0 Å². The van der Waals surface area contributed by atoms with Gasteiger partial charge in [-0.3, -0.25) is 4.68 Å². The number of nitrogens with zero attached hydrogens (tertiary/aromatic N) is 3. The Hall–Kier alpha value is -2.50. The van der Waals surface area contributed by atoms with E-state index in [2.05, 4.69) is 11.3 Å². The van der Waals surface area contributed by atoms with E-state index in [0.29, 0.717) is 19.0 Å². The molecule has 3 rings (SSSR count). The topological polar surface area (TPSA) is 67.6 Å². The summed E-state index contributed by atoms with van der Waals surface area (Å²) in [5.41, 5.74) is 2.40. The standard InChI is InChI=1S/C18H23N3O3/c1-24-17-4-2-15(3-5-17)12-21-13-16(11-19-21)10-14-6-8-20(9-7-14)18(22)23/h2-5,11,13-14H,6-10,12H2,1H3,(H,22,23). The van der Waals surface area contributed by atoms with Crippen LogP contribution in [-0.4, -0.2) is 46.1 Å². The molecular weight excluding hydrogens is 306 g/mol. The van der Waals surface area contributed by atoms with Crippen LogP contribution in [0.3, 0.4) is 0 Å². The van der Waals surface area contributed by atoms with Crippen LogP contribution in [0.5, 0.6) is 5.75 Å². The zero-order valence-corrected chi connectivity index (χ0v) is 13.9. The third kappa shape index (κ3) is 4.07. The molecule has 0 unspecified atom stereocenters. The second-order valence-electron chi connectivity index (χ2n) is 6.31. The van der Waals surface area contributed by atoms with Crippen molar-refractivity contribution in [1.29, 1.82) is 0 Å². The number of hydrogen-bond acceptors (Lipinski definition) is 3. The minimum Gasteiger partial charge on any atom is -0.497 e. The van der Waals surface area contributed by atoms with Crippen molar-refractivity contribution in [3.63, 3.8) is 0 Å². The SMILES string of the molecule is COc1ccc(Cn2cc(CC3CCN(C(=O)O)CC3)cn2)cc1. The Morgan fingerprint density at radius 3 is 2.58 bits per heavy atom.